The number of halogens is 4. The molecule has 1 aromatic heterocycles. The van der Waals surface area contributed by atoms with Crippen LogP contribution in [0, 0.1) is 0 Å². The highest BCUT2D eigenvalue weighted by Gasteiger charge is 2.28. The molecular formula is C24H20F4N2O4. The Morgan fingerprint density at radius 3 is 2.53 bits per heavy atom. The normalized spacial score (nSPS) is 15.2. The number of aromatic nitrogens is 1. The maximum absolute atomic E-state index is 13.0. The van der Waals surface area contributed by atoms with Crippen LogP contribution in [-0.2, 0) is 6.54 Å². The van der Waals surface area contributed by atoms with Crippen molar-refractivity contribution >= 4 is 28.5 Å². The van der Waals surface area contributed by atoms with Gasteiger partial charge < -0.3 is 14.6 Å². The molecule has 6 nitrogen and oxygen atoms in total. The molecule has 34 heavy (non-hydrogen) atoms. The van der Waals surface area contributed by atoms with E-state index in [2.05, 4.69) is 14.5 Å². The van der Waals surface area contributed by atoms with Crippen molar-refractivity contribution in [2.75, 3.05) is 13.1 Å². The highest BCUT2D eigenvalue weighted by molar-refractivity contribution is 6.06. The predicted octanol–water partition coefficient (Wildman–Crippen LogP) is 5.51. The molecule has 0 saturated heterocycles. The molecule has 0 fully saturated rings. The number of alkyl halides is 4. The van der Waals surface area contributed by atoms with Crippen LogP contribution in [0.2, 0.25) is 0 Å². The maximum atomic E-state index is 13.0. The number of rotatable bonds is 7. The first-order valence-electron chi connectivity index (χ1n) is 10.4. The lowest BCUT2D eigenvalue weighted by Gasteiger charge is -2.30. The molecule has 1 N–H and O–H groups in total. The van der Waals surface area contributed by atoms with Crippen molar-refractivity contribution in [3.8, 4) is 11.5 Å². The molecule has 2 heterocycles. The van der Waals surface area contributed by atoms with Crippen LogP contribution in [-0.4, -0.2) is 47.3 Å². The summed E-state index contributed by atoms with van der Waals surface area (Å²) in [7, 11) is 0. The summed E-state index contributed by atoms with van der Waals surface area (Å²) < 4.78 is 60.1. The molecule has 0 spiro atoms. The minimum Gasteiger partial charge on any atom is -0.478 e. The number of para-hydroxylation sites is 1. The predicted molar refractivity (Wildman–Crippen MR) is 117 cm³/mol. The van der Waals surface area contributed by atoms with Crippen LogP contribution in [0.4, 0.5) is 17.6 Å². The van der Waals surface area contributed by atoms with Crippen molar-refractivity contribution in [1.29, 1.82) is 0 Å². The third kappa shape index (κ3) is 4.81. The van der Waals surface area contributed by atoms with Gasteiger partial charge in [-0.25, -0.2) is 9.78 Å². The van der Waals surface area contributed by atoms with E-state index in [0.717, 1.165) is 6.07 Å². The van der Waals surface area contributed by atoms with Crippen LogP contribution in [0.25, 0.3) is 22.6 Å². The summed E-state index contributed by atoms with van der Waals surface area (Å²) in [5, 5.41) is 10.5. The molecule has 0 bridgehead atoms. The fraction of sp³-hybridized carbons (Fsp3) is 0.250. The van der Waals surface area contributed by atoms with E-state index in [1.54, 1.807) is 30.3 Å². The van der Waals surface area contributed by atoms with Gasteiger partial charge in [-0.3, -0.25) is 4.90 Å². The fourth-order valence-electron chi connectivity index (χ4n) is 4.04. The number of carbonyl (C=O) groups is 1. The number of hydrogen-bond donors (Lipinski definition) is 1. The summed E-state index contributed by atoms with van der Waals surface area (Å²) in [5.41, 5.74) is 2.34. The number of fused-ring (bicyclic) bond motifs is 2. The number of ether oxygens (including phenoxy) is 2. The van der Waals surface area contributed by atoms with Crippen molar-refractivity contribution in [2.24, 2.45) is 0 Å². The number of pyridine rings is 1. The molecule has 4 rings (SSSR count). The fourth-order valence-corrected chi connectivity index (χ4v) is 4.04. The van der Waals surface area contributed by atoms with E-state index >= 15 is 0 Å². The van der Waals surface area contributed by atoms with E-state index in [-0.39, 0.29) is 22.6 Å². The van der Waals surface area contributed by atoms with Gasteiger partial charge in [-0.05, 0) is 36.4 Å². The summed E-state index contributed by atoms with van der Waals surface area (Å²) in [6.45, 7) is -3.07. The molecule has 0 amide bonds. The average Bonchev–Trinajstić information content (AvgIpc) is 2.78. The zero-order valence-electron chi connectivity index (χ0n) is 18.0. The van der Waals surface area contributed by atoms with Crippen LogP contribution >= 0.6 is 0 Å². The van der Waals surface area contributed by atoms with Gasteiger partial charge >= 0.3 is 19.2 Å². The zero-order valence-corrected chi connectivity index (χ0v) is 18.0. The lowest BCUT2D eigenvalue weighted by molar-refractivity contribution is -0.0543. The molecule has 1 aliphatic rings. The van der Waals surface area contributed by atoms with Crippen molar-refractivity contribution in [3.63, 3.8) is 0 Å². The van der Waals surface area contributed by atoms with Crippen molar-refractivity contribution < 1.29 is 36.9 Å². The molecule has 0 atom stereocenters. The second-order valence-corrected chi connectivity index (χ2v) is 7.57. The molecule has 178 valence electrons. The number of hydrogen-bond acceptors (Lipinski definition) is 5. The molecule has 0 radical (unpaired) electrons. The number of nitrogens with zero attached hydrogens (tertiary/aromatic N) is 2. The van der Waals surface area contributed by atoms with Crippen molar-refractivity contribution in [3.05, 3.63) is 64.8 Å². The minimum absolute atomic E-state index is 0.134. The van der Waals surface area contributed by atoms with Gasteiger partial charge in [0.1, 0.15) is 11.5 Å². The number of benzene rings is 2. The second kappa shape index (κ2) is 9.68. The largest absolute Gasteiger partial charge is 0.478 e. The molecule has 0 unspecified atom stereocenters. The summed E-state index contributed by atoms with van der Waals surface area (Å²) in [6.07, 6.45) is 1.55. The Balaban J connectivity index is 1.91. The number of carboxylic acids is 1. The second-order valence-electron chi connectivity index (χ2n) is 7.57. The van der Waals surface area contributed by atoms with E-state index in [0.29, 0.717) is 47.4 Å². The number of aromatic carboxylic acids is 1. The SMILES string of the molecule is CCN1C/C(=C\c2ccc(OC(F)F)cc2OC(F)F)c2nc3ccccc3c(C(=O)O)c2C1. The first-order valence-corrected chi connectivity index (χ1v) is 10.4. The minimum atomic E-state index is -3.19. The monoisotopic (exact) mass is 476 g/mol. The van der Waals surface area contributed by atoms with Gasteiger partial charge in [0, 0.05) is 35.7 Å². The number of likely N-dealkylation sites (N-methyl/N-ethyl adjacent to an activating group) is 1. The summed E-state index contributed by atoms with van der Waals surface area (Å²) >= 11 is 0. The van der Waals surface area contributed by atoms with Crippen molar-refractivity contribution in [1.82, 2.24) is 9.88 Å². The average molecular weight is 476 g/mol. The van der Waals surface area contributed by atoms with E-state index in [1.165, 1.54) is 12.1 Å². The molecule has 2 aromatic carbocycles. The molecular weight excluding hydrogens is 456 g/mol. The highest BCUT2D eigenvalue weighted by Crippen LogP contribution is 2.36. The Labute approximate surface area is 192 Å². The molecule has 0 aliphatic carbocycles. The van der Waals surface area contributed by atoms with Crippen molar-refractivity contribution in [2.45, 2.75) is 26.7 Å². The first kappa shape index (κ1) is 23.5. The van der Waals surface area contributed by atoms with E-state index in [1.807, 2.05) is 11.8 Å². The molecule has 0 saturated carbocycles. The molecule has 3 aromatic rings. The Kier molecular flexibility index (Phi) is 6.69. The van der Waals surface area contributed by atoms with Gasteiger partial charge in [-0.1, -0.05) is 25.1 Å². The third-order valence-electron chi connectivity index (χ3n) is 5.49. The smallest absolute Gasteiger partial charge is 0.387 e. The topological polar surface area (TPSA) is 71.9 Å². The van der Waals surface area contributed by atoms with E-state index in [4.69, 9.17) is 0 Å². The first-order chi connectivity index (χ1) is 16.3. The Morgan fingerprint density at radius 2 is 1.85 bits per heavy atom. The molecule has 10 heteroatoms. The summed E-state index contributed by atoms with van der Waals surface area (Å²) in [4.78, 5) is 18.9. The Hall–Kier alpha value is -3.66. The van der Waals surface area contributed by atoms with E-state index < -0.39 is 19.2 Å². The van der Waals surface area contributed by atoms with Gasteiger partial charge in [-0.2, -0.15) is 17.6 Å². The highest BCUT2D eigenvalue weighted by atomic mass is 19.3. The van der Waals surface area contributed by atoms with Crippen LogP contribution < -0.4 is 9.47 Å². The molecule has 1 aliphatic heterocycles. The zero-order chi connectivity index (χ0) is 24.4. The number of carboxylic acid groups (broad SMARTS) is 1. The lowest BCUT2D eigenvalue weighted by atomic mass is 9.92. The maximum Gasteiger partial charge on any atom is 0.387 e. The van der Waals surface area contributed by atoms with Crippen LogP contribution in [0.1, 0.15) is 34.1 Å². The summed E-state index contributed by atoms with van der Waals surface area (Å²) in [6, 6.07) is 10.4. The quantitative estimate of drug-likeness (QED) is 0.454. The summed E-state index contributed by atoms with van der Waals surface area (Å²) in [5.74, 6) is -1.78. The Morgan fingerprint density at radius 1 is 1.12 bits per heavy atom. The van der Waals surface area contributed by atoms with Crippen LogP contribution in [0.3, 0.4) is 0 Å². The lowest BCUT2D eigenvalue weighted by Crippen LogP contribution is -2.31. The van der Waals surface area contributed by atoms with Gasteiger partial charge in [0.2, 0.25) is 0 Å². The van der Waals surface area contributed by atoms with Gasteiger partial charge in [0.25, 0.3) is 0 Å². The Bertz CT molecular complexity index is 1260. The van der Waals surface area contributed by atoms with Gasteiger partial charge in [-0.15, -0.1) is 0 Å². The van der Waals surface area contributed by atoms with E-state index in [9.17, 15) is 27.5 Å². The van der Waals surface area contributed by atoms with Crippen LogP contribution in [0.5, 0.6) is 11.5 Å². The standard InChI is InChI=1S/C24H20F4N2O4/c1-2-30-11-14(9-13-7-8-15(33-23(25)26)10-19(13)34-24(27)28)21-17(12-30)20(22(31)32)16-5-3-4-6-18(16)29-21/h3-10,23-24H,2,11-12H2,1H3,(H,31,32)/b14-9+. The van der Waals surface area contributed by atoms with Gasteiger partial charge in [0.05, 0.1) is 16.8 Å². The van der Waals surface area contributed by atoms with Gasteiger partial charge in [0.15, 0.2) is 0 Å². The van der Waals surface area contributed by atoms with Crippen LogP contribution in [0.15, 0.2) is 42.5 Å². The third-order valence-corrected chi connectivity index (χ3v) is 5.49.